The predicted octanol–water partition coefficient (Wildman–Crippen LogP) is 3.62. The second-order valence-corrected chi connectivity index (χ2v) is 5.18. The lowest BCUT2D eigenvalue weighted by Crippen LogP contribution is -2.06. The Morgan fingerprint density at radius 2 is 2.24 bits per heavy atom. The van der Waals surface area contributed by atoms with Crippen molar-refractivity contribution in [3.05, 3.63) is 50.8 Å². The summed E-state index contributed by atoms with van der Waals surface area (Å²) in [5.41, 5.74) is 2.27. The van der Waals surface area contributed by atoms with Crippen LogP contribution in [-0.4, -0.2) is 21.2 Å². The summed E-state index contributed by atoms with van der Waals surface area (Å²) in [6, 6.07) is 5.18. The van der Waals surface area contributed by atoms with Gasteiger partial charge in [-0.1, -0.05) is 24.6 Å². The van der Waals surface area contributed by atoms with Gasteiger partial charge in [0.05, 0.1) is 28.4 Å². The molecule has 21 heavy (non-hydrogen) atoms. The highest BCUT2D eigenvalue weighted by atomic mass is 35.5. The van der Waals surface area contributed by atoms with Crippen LogP contribution < -0.4 is 5.32 Å². The maximum absolute atomic E-state index is 11.2. The molecule has 0 saturated carbocycles. The van der Waals surface area contributed by atoms with Gasteiger partial charge < -0.3 is 5.32 Å². The monoisotopic (exact) mass is 308 g/mol. The topological polar surface area (TPSA) is 73.0 Å². The van der Waals surface area contributed by atoms with Crippen LogP contribution in [0.25, 0.3) is 0 Å². The van der Waals surface area contributed by atoms with Gasteiger partial charge in [-0.3, -0.25) is 14.8 Å². The van der Waals surface area contributed by atoms with Crippen molar-refractivity contribution in [3.8, 4) is 0 Å². The first-order chi connectivity index (χ1) is 10.0. The van der Waals surface area contributed by atoms with Crippen LogP contribution in [0.2, 0.25) is 5.02 Å². The first kappa shape index (κ1) is 15.3. The summed E-state index contributed by atoms with van der Waals surface area (Å²) < 4.78 is 1.72. The predicted molar refractivity (Wildman–Crippen MR) is 83.0 cm³/mol. The van der Waals surface area contributed by atoms with Crippen LogP contribution in [0.5, 0.6) is 0 Å². The Labute approximate surface area is 127 Å². The molecule has 0 saturated heterocycles. The number of halogens is 1. The van der Waals surface area contributed by atoms with Gasteiger partial charge in [-0.25, -0.2) is 0 Å². The molecule has 0 bridgehead atoms. The lowest BCUT2D eigenvalue weighted by atomic mass is 10.1. The Hall–Kier alpha value is -2.08. The molecule has 0 amide bonds. The smallest absolute Gasteiger partial charge is 0.292 e. The third kappa shape index (κ3) is 3.52. The van der Waals surface area contributed by atoms with Crippen LogP contribution in [0.15, 0.2) is 24.4 Å². The van der Waals surface area contributed by atoms with E-state index in [1.165, 1.54) is 0 Å². The van der Waals surface area contributed by atoms with E-state index in [4.69, 9.17) is 11.6 Å². The molecule has 0 radical (unpaired) electrons. The van der Waals surface area contributed by atoms with Crippen molar-refractivity contribution >= 4 is 23.0 Å². The van der Waals surface area contributed by atoms with Crippen molar-refractivity contribution in [3.63, 3.8) is 0 Å². The number of nitrogens with one attached hydrogen (secondary N) is 1. The number of rotatable bonds is 6. The minimum absolute atomic E-state index is 0.0804. The SMILES string of the molecule is CCCNc1ccc(Cn2ncc(Cl)c2C)cc1[N+](=O)[O-]. The summed E-state index contributed by atoms with van der Waals surface area (Å²) in [4.78, 5) is 10.8. The fourth-order valence-electron chi connectivity index (χ4n) is 1.99. The summed E-state index contributed by atoms with van der Waals surface area (Å²) in [6.45, 7) is 5.03. The summed E-state index contributed by atoms with van der Waals surface area (Å²) in [6.07, 6.45) is 2.48. The van der Waals surface area contributed by atoms with Crippen molar-refractivity contribution < 1.29 is 4.92 Å². The van der Waals surface area contributed by atoms with E-state index in [0.717, 1.165) is 17.7 Å². The summed E-state index contributed by atoms with van der Waals surface area (Å²) in [5.74, 6) is 0. The van der Waals surface area contributed by atoms with Crippen LogP contribution in [0.3, 0.4) is 0 Å². The molecule has 7 heteroatoms. The molecule has 0 unspecified atom stereocenters. The zero-order valence-corrected chi connectivity index (χ0v) is 12.7. The summed E-state index contributed by atoms with van der Waals surface area (Å²) in [5, 5.41) is 19.0. The Balaban J connectivity index is 2.27. The number of anilines is 1. The van der Waals surface area contributed by atoms with Gasteiger partial charge in [0.25, 0.3) is 5.69 Å². The fraction of sp³-hybridized carbons (Fsp3) is 0.357. The lowest BCUT2D eigenvalue weighted by Gasteiger charge is -2.09. The van der Waals surface area contributed by atoms with Gasteiger partial charge in [-0.15, -0.1) is 0 Å². The van der Waals surface area contributed by atoms with Crippen LogP contribution in [0, 0.1) is 17.0 Å². The Morgan fingerprint density at radius 3 is 2.81 bits per heavy atom. The molecule has 6 nitrogen and oxygen atoms in total. The number of hydrogen-bond donors (Lipinski definition) is 1. The van der Waals surface area contributed by atoms with Crippen molar-refractivity contribution in [2.24, 2.45) is 0 Å². The Bertz CT molecular complexity index is 654. The van der Waals surface area contributed by atoms with Crippen LogP contribution in [-0.2, 0) is 6.54 Å². The number of nitro groups is 1. The van der Waals surface area contributed by atoms with E-state index in [0.29, 0.717) is 23.8 Å². The molecule has 1 aromatic carbocycles. The molecule has 0 aliphatic rings. The first-order valence-corrected chi connectivity index (χ1v) is 7.09. The molecule has 0 aliphatic carbocycles. The molecule has 2 rings (SSSR count). The van der Waals surface area contributed by atoms with E-state index in [9.17, 15) is 10.1 Å². The second kappa shape index (κ2) is 6.58. The van der Waals surface area contributed by atoms with E-state index in [2.05, 4.69) is 10.4 Å². The zero-order valence-electron chi connectivity index (χ0n) is 12.0. The van der Waals surface area contributed by atoms with Crippen molar-refractivity contribution in [2.75, 3.05) is 11.9 Å². The normalized spacial score (nSPS) is 10.6. The summed E-state index contributed by atoms with van der Waals surface area (Å²) in [7, 11) is 0. The van der Waals surface area contributed by atoms with E-state index in [1.54, 1.807) is 23.0 Å². The highest BCUT2D eigenvalue weighted by molar-refractivity contribution is 6.31. The van der Waals surface area contributed by atoms with Gasteiger partial charge >= 0.3 is 0 Å². The first-order valence-electron chi connectivity index (χ1n) is 6.72. The van der Waals surface area contributed by atoms with Gasteiger partial charge in [0.1, 0.15) is 5.69 Å². The van der Waals surface area contributed by atoms with Gasteiger partial charge in [-0.2, -0.15) is 5.10 Å². The molecular formula is C14H17ClN4O2. The highest BCUT2D eigenvalue weighted by Crippen LogP contribution is 2.26. The number of aromatic nitrogens is 2. The number of nitro benzene ring substituents is 1. The Morgan fingerprint density at radius 1 is 1.48 bits per heavy atom. The maximum atomic E-state index is 11.2. The van der Waals surface area contributed by atoms with E-state index < -0.39 is 0 Å². The average molecular weight is 309 g/mol. The minimum Gasteiger partial charge on any atom is -0.380 e. The van der Waals surface area contributed by atoms with Gasteiger partial charge in [0, 0.05) is 12.6 Å². The van der Waals surface area contributed by atoms with Crippen LogP contribution >= 0.6 is 11.6 Å². The average Bonchev–Trinajstić information content (AvgIpc) is 2.77. The van der Waals surface area contributed by atoms with E-state index in [1.807, 2.05) is 19.9 Å². The van der Waals surface area contributed by atoms with Crippen molar-refractivity contribution in [2.45, 2.75) is 26.8 Å². The van der Waals surface area contributed by atoms with Crippen LogP contribution in [0.4, 0.5) is 11.4 Å². The molecule has 2 aromatic rings. The fourth-order valence-corrected chi connectivity index (χ4v) is 2.13. The highest BCUT2D eigenvalue weighted by Gasteiger charge is 2.15. The van der Waals surface area contributed by atoms with E-state index >= 15 is 0 Å². The molecule has 1 N–H and O–H groups in total. The van der Waals surface area contributed by atoms with Gasteiger partial charge in [0.2, 0.25) is 0 Å². The molecule has 1 aromatic heterocycles. The molecular weight excluding hydrogens is 292 g/mol. The molecule has 0 atom stereocenters. The molecule has 0 fully saturated rings. The van der Waals surface area contributed by atoms with Crippen LogP contribution in [0.1, 0.15) is 24.6 Å². The van der Waals surface area contributed by atoms with Gasteiger partial charge in [0.15, 0.2) is 0 Å². The third-order valence-electron chi connectivity index (χ3n) is 3.20. The van der Waals surface area contributed by atoms with E-state index in [-0.39, 0.29) is 10.6 Å². The minimum atomic E-state index is -0.371. The standard InChI is InChI=1S/C14H17ClN4O2/c1-3-6-16-13-5-4-11(7-14(13)19(20)21)9-18-10(2)12(15)8-17-18/h4-5,7-8,16H,3,6,9H2,1-2H3. The zero-order chi connectivity index (χ0) is 15.4. The lowest BCUT2D eigenvalue weighted by molar-refractivity contribution is -0.384. The quantitative estimate of drug-likeness (QED) is 0.653. The largest absolute Gasteiger partial charge is 0.380 e. The summed E-state index contributed by atoms with van der Waals surface area (Å²) >= 11 is 5.96. The maximum Gasteiger partial charge on any atom is 0.292 e. The molecule has 1 heterocycles. The second-order valence-electron chi connectivity index (χ2n) is 4.77. The molecule has 0 aliphatic heterocycles. The number of nitrogens with zero attached hydrogens (tertiary/aromatic N) is 3. The molecule has 112 valence electrons. The van der Waals surface area contributed by atoms with Crippen molar-refractivity contribution in [1.29, 1.82) is 0 Å². The molecule has 0 spiro atoms. The number of hydrogen-bond acceptors (Lipinski definition) is 4. The number of benzene rings is 1. The van der Waals surface area contributed by atoms with Crippen molar-refractivity contribution in [1.82, 2.24) is 9.78 Å². The van der Waals surface area contributed by atoms with Gasteiger partial charge in [-0.05, 0) is 25.0 Å². The third-order valence-corrected chi connectivity index (χ3v) is 3.57. The Kier molecular flexibility index (Phi) is 4.80.